The molecule has 4 aromatic carbocycles. The number of benzene rings is 4. The molecule has 0 radical (unpaired) electrons. The van der Waals surface area contributed by atoms with E-state index in [9.17, 15) is 10.2 Å². The number of methoxy groups -OCH3 is 6. The lowest BCUT2D eigenvalue weighted by Gasteiger charge is -2.24. The van der Waals surface area contributed by atoms with Crippen LogP contribution in [0.2, 0.25) is 0 Å². The van der Waals surface area contributed by atoms with Crippen molar-refractivity contribution in [2.45, 2.75) is 64.3 Å². The quantitative estimate of drug-likeness (QED) is 0.117. The molecule has 0 aromatic heterocycles. The highest BCUT2D eigenvalue weighted by molar-refractivity contribution is 5.48. The Morgan fingerprint density at radius 3 is 1.11 bits per heavy atom. The lowest BCUT2D eigenvalue weighted by Crippen LogP contribution is -2.22. The fraction of sp³-hybridized carbons (Fsp3) is 0.429. The largest absolute Gasteiger partial charge is 0.493 e. The van der Waals surface area contributed by atoms with Gasteiger partial charge in [0.1, 0.15) is 24.4 Å². The van der Waals surface area contributed by atoms with E-state index in [1.165, 1.54) is 0 Å². The maximum absolute atomic E-state index is 11.1. The van der Waals surface area contributed by atoms with E-state index in [4.69, 9.17) is 42.6 Å². The molecule has 53 heavy (non-hydrogen) atoms. The lowest BCUT2D eigenvalue weighted by atomic mass is 9.85. The average molecular weight is 733 g/mol. The Labute approximate surface area is 312 Å². The highest BCUT2D eigenvalue weighted by atomic mass is 16.5. The van der Waals surface area contributed by atoms with Gasteiger partial charge in [-0.15, -0.1) is 0 Å². The van der Waals surface area contributed by atoms with E-state index in [0.717, 1.165) is 11.1 Å². The maximum atomic E-state index is 11.1. The number of rotatable bonds is 16. The third kappa shape index (κ3) is 8.38. The standard InChI is InChI=1S/C42H52O11/c1-23-24(2)42(30-14-18-34(38(22-30)50-10)52-26(4)40(44)28-12-16-32(46-6)36(20-28)48-8)53-41(23)29-13-17-33(37(21-29)49-9)51-25(3)39(43)27-11-15-31(45-5)35(19-27)47-7/h11-26,39-44H,1-10H3/t23-,24-,25+,26+,39-,40-,41+,42+/m0/s1. The van der Waals surface area contributed by atoms with Crippen molar-refractivity contribution in [3.63, 3.8) is 0 Å². The van der Waals surface area contributed by atoms with Crippen LogP contribution in [0.25, 0.3) is 0 Å². The SMILES string of the molecule is COc1ccc([C@@H](O)[C@@H](C)Oc2ccc([C@@H]3O[C@@H](c4ccc(O[C@H](C)[C@H](O)c5ccc(OC)c(OC)c5)c(OC)c4)[C@@H](C)[C@@H]3C)cc2OC)cc1OC. The Hall–Kier alpha value is -4.84. The molecular formula is C42H52O11. The molecule has 1 fully saturated rings. The van der Waals surface area contributed by atoms with E-state index in [2.05, 4.69) is 13.8 Å². The van der Waals surface area contributed by atoms with Crippen molar-refractivity contribution in [3.05, 3.63) is 95.1 Å². The molecule has 1 heterocycles. The van der Waals surface area contributed by atoms with Crippen LogP contribution in [0.5, 0.6) is 46.0 Å². The first-order chi connectivity index (χ1) is 25.5. The Kier molecular flexibility index (Phi) is 12.9. The van der Waals surface area contributed by atoms with Crippen LogP contribution in [0, 0.1) is 11.8 Å². The molecule has 0 aliphatic carbocycles. The van der Waals surface area contributed by atoms with Crippen molar-refractivity contribution in [2.75, 3.05) is 42.7 Å². The summed E-state index contributed by atoms with van der Waals surface area (Å²) in [4.78, 5) is 0. The molecule has 2 N–H and O–H groups in total. The van der Waals surface area contributed by atoms with Gasteiger partial charge < -0.3 is 52.8 Å². The zero-order valence-corrected chi connectivity index (χ0v) is 32.1. The van der Waals surface area contributed by atoms with Crippen molar-refractivity contribution in [2.24, 2.45) is 11.8 Å². The normalized spacial score (nSPS) is 20.5. The van der Waals surface area contributed by atoms with Gasteiger partial charge in [-0.1, -0.05) is 38.1 Å². The summed E-state index contributed by atoms with van der Waals surface area (Å²) in [6, 6.07) is 22.1. The molecule has 1 aliphatic rings. The van der Waals surface area contributed by atoms with E-state index in [1.54, 1.807) is 92.9 Å². The number of hydrogen-bond donors (Lipinski definition) is 2. The zero-order valence-electron chi connectivity index (χ0n) is 32.1. The molecular weight excluding hydrogens is 680 g/mol. The molecule has 286 valence electrons. The van der Waals surface area contributed by atoms with Gasteiger partial charge in [0.2, 0.25) is 0 Å². The number of aliphatic hydroxyl groups is 2. The summed E-state index contributed by atoms with van der Waals surface area (Å²) in [5, 5.41) is 22.2. The zero-order chi connectivity index (χ0) is 38.4. The summed E-state index contributed by atoms with van der Waals surface area (Å²) in [6.45, 7) is 7.96. The van der Waals surface area contributed by atoms with E-state index in [0.29, 0.717) is 57.1 Å². The third-order valence-electron chi connectivity index (χ3n) is 10.1. The smallest absolute Gasteiger partial charge is 0.161 e. The second kappa shape index (κ2) is 17.3. The predicted octanol–water partition coefficient (Wildman–Crippen LogP) is 7.82. The van der Waals surface area contributed by atoms with Crippen LogP contribution in [0.4, 0.5) is 0 Å². The van der Waals surface area contributed by atoms with Gasteiger partial charge in [0.25, 0.3) is 0 Å². The monoisotopic (exact) mass is 732 g/mol. The third-order valence-corrected chi connectivity index (χ3v) is 10.1. The molecule has 11 heteroatoms. The maximum Gasteiger partial charge on any atom is 0.161 e. The Morgan fingerprint density at radius 2 is 0.774 bits per heavy atom. The summed E-state index contributed by atoms with van der Waals surface area (Å²) in [5.41, 5.74) is 3.18. The molecule has 0 saturated carbocycles. The first-order valence-electron chi connectivity index (χ1n) is 17.6. The van der Waals surface area contributed by atoms with E-state index < -0.39 is 24.4 Å². The molecule has 1 aliphatic heterocycles. The number of aliphatic hydroxyl groups excluding tert-OH is 2. The van der Waals surface area contributed by atoms with E-state index in [-0.39, 0.29) is 24.0 Å². The molecule has 11 nitrogen and oxygen atoms in total. The second-order valence-corrected chi connectivity index (χ2v) is 13.3. The minimum absolute atomic E-state index is 0.167. The summed E-state index contributed by atoms with van der Waals surface area (Å²) in [6.07, 6.45) is -3.49. The van der Waals surface area contributed by atoms with Crippen molar-refractivity contribution in [1.29, 1.82) is 0 Å². The van der Waals surface area contributed by atoms with E-state index >= 15 is 0 Å². The Balaban J connectivity index is 1.29. The van der Waals surface area contributed by atoms with Gasteiger partial charge in [-0.2, -0.15) is 0 Å². The fourth-order valence-electron chi connectivity index (χ4n) is 6.78. The van der Waals surface area contributed by atoms with Crippen LogP contribution < -0.4 is 37.9 Å². The fourth-order valence-corrected chi connectivity index (χ4v) is 6.78. The van der Waals surface area contributed by atoms with Crippen LogP contribution in [0.1, 0.15) is 74.4 Å². The first-order valence-corrected chi connectivity index (χ1v) is 17.6. The Morgan fingerprint density at radius 1 is 0.453 bits per heavy atom. The molecule has 1 saturated heterocycles. The van der Waals surface area contributed by atoms with Gasteiger partial charge in [0.05, 0.1) is 54.9 Å². The molecule has 0 amide bonds. The van der Waals surface area contributed by atoms with Crippen LogP contribution in [0.3, 0.4) is 0 Å². The van der Waals surface area contributed by atoms with Crippen molar-refractivity contribution >= 4 is 0 Å². The van der Waals surface area contributed by atoms with Crippen LogP contribution in [0.15, 0.2) is 72.8 Å². The average Bonchev–Trinajstić information content (AvgIpc) is 3.49. The van der Waals surface area contributed by atoms with Crippen molar-refractivity contribution in [3.8, 4) is 46.0 Å². The minimum Gasteiger partial charge on any atom is -0.493 e. The molecule has 8 atom stereocenters. The molecule has 0 unspecified atom stereocenters. The Bertz CT molecular complexity index is 1700. The minimum atomic E-state index is -0.932. The lowest BCUT2D eigenvalue weighted by molar-refractivity contribution is 0.0281. The van der Waals surface area contributed by atoms with Gasteiger partial charge >= 0.3 is 0 Å². The second-order valence-electron chi connectivity index (χ2n) is 13.3. The molecule has 4 aromatic rings. The van der Waals surface area contributed by atoms with Gasteiger partial charge in [0, 0.05) is 0 Å². The van der Waals surface area contributed by atoms with Gasteiger partial charge in [-0.05, 0) is 96.5 Å². The van der Waals surface area contributed by atoms with Gasteiger partial charge in [-0.3, -0.25) is 0 Å². The van der Waals surface area contributed by atoms with Gasteiger partial charge in [-0.25, -0.2) is 0 Å². The molecule has 0 spiro atoms. The predicted molar refractivity (Wildman–Crippen MR) is 200 cm³/mol. The molecule has 0 bridgehead atoms. The summed E-state index contributed by atoms with van der Waals surface area (Å²) < 4.78 is 52.2. The number of ether oxygens (including phenoxy) is 9. The summed E-state index contributed by atoms with van der Waals surface area (Å²) in [7, 11) is 9.43. The van der Waals surface area contributed by atoms with Crippen LogP contribution >= 0.6 is 0 Å². The van der Waals surface area contributed by atoms with Crippen LogP contribution in [-0.2, 0) is 4.74 Å². The van der Waals surface area contributed by atoms with Crippen molar-refractivity contribution < 1.29 is 52.8 Å². The van der Waals surface area contributed by atoms with Gasteiger partial charge in [0.15, 0.2) is 46.0 Å². The summed E-state index contributed by atoms with van der Waals surface area (Å²) in [5.74, 6) is 4.62. The van der Waals surface area contributed by atoms with Crippen molar-refractivity contribution in [1.82, 2.24) is 0 Å². The highest BCUT2D eigenvalue weighted by Crippen LogP contribution is 2.51. The first kappa shape index (κ1) is 39.4. The topological polar surface area (TPSA) is 124 Å². The van der Waals surface area contributed by atoms with Crippen LogP contribution in [-0.4, -0.2) is 65.1 Å². The summed E-state index contributed by atoms with van der Waals surface area (Å²) >= 11 is 0. The number of hydrogen-bond acceptors (Lipinski definition) is 11. The highest BCUT2D eigenvalue weighted by Gasteiger charge is 2.41. The van der Waals surface area contributed by atoms with E-state index in [1.807, 2.05) is 36.4 Å². The molecule has 5 rings (SSSR count).